The largest absolute Gasteiger partial charge is 0.480 e. The standard InChI is InChI=1S/C16H18N2O4/c19-13(10-17-14(20)16(7-8-16)15(21)22)18-9-3-5-11-4-1-2-6-12(11)18/h1-2,4,6H,3,5,7-10H2,(H,17,20)(H,21,22). The number of carbonyl (C=O) groups is 3. The monoisotopic (exact) mass is 302 g/mol. The Morgan fingerprint density at radius 1 is 1.23 bits per heavy atom. The van der Waals surface area contributed by atoms with Crippen LogP contribution >= 0.6 is 0 Å². The number of hydrogen-bond donors (Lipinski definition) is 2. The van der Waals surface area contributed by atoms with Gasteiger partial charge in [-0.15, -0.1) is 0 Å². The molecule has 1 aliphatic heterocycles. The second-order valence-electron chi connectivity index (χ2n) is 5.85. The highest BCUT2D eigenvalue weighted by atomic mass is 16.4. The fraction of sp³-hybridized carbons (Fsp3) is 0.438. The smallest absolute Gasteiger partial charge is 0.319 e. The van der Waals surface area contributed by atoms with Gasteiger partial charge in [-0.3, -0.25) is 14.4 Å². The third-order valence-electron chi connectivity index (χ3n) is 4.41. The first-order chi connectivity index (χ1) is 10.5. The van der Waals surface area contributed by atoms with Crippen LogP contribution in [0.15, 0.2) is 24.3 Å². The number of carboxylic acids is 1. The van der Waals surface area contributed by atoms with E-state index in [1.165, 1.54) is 0 Å². The van der Waals surface area contributed by atoms with Crippen LogP contribution in [0.5, 0.6) is 0 Å². The first kappa shape index (κ1) is 14.6. The molecule has 2 N–H and O–H groups in total. The first-order valence-corrected chi connectivity index (χ1v) is 7.44. The molecule has 0 saturated heterocycles. The van der Waals surface area contributed by atoms with Gasteiger partial charge in [0.05, 0.1) is 6.54 Å². The van der Waals surface area contributed by atoms with E-state index in [9.17, 15) is 14.4 Å². The maximum atomic E-state index is 12.3. The number of anilines is 1. The lowest BCUT2D eigenvalue weighted by Crippen LogP contribution is -2.45. The molecule has 1 aromatic rings. The van der Waals surface area contributed by atoms with Crippen molar-refractivity contribution < 1.29 is 19.5 Å². The lowest BCUT2D eigenvalue weighted by molar-refractivity contribution is -0.149. The van der Waals surface area contributed by atoms with Gasteiger partial charge in [-0.05, 0) is 37.3 Å². The molecule has 0 spiro atoms. The van der Waals surface area contributed by atoms with Crippen LogP contribution in [0.2, 0.25) is 0 Å². The number of benzene rings is 1. The minimum Gasteiger partial charge on any atom is -0.480 e. The van der Waals surface area contributed by atoms with Crippen molar-refractivity contribution in [3.8, 4) is 0 Å². The molecule has 2 amide bonds. The van der Waals surface area contributed by atoms with Crippen molar-refractivity contribution in [1.29, 1.82) is 0 Å². The van der Waals surface area contributed by atoms with Crippen LogP contribution < -0.4 is 10.2 Å². The van der Waals surface area contributed by atoms with Crippen LogP contribution in [-0.4, -0.2) is 36.0 Å². The van der Waals surface area contributed by atoms with Gasteiger partial charge >= 0.3 is 5.97 Å². The zero-order chi connectivity index (χ0) is 15.7. The second kappa shape index (κ2) is 5.44. The fourth-order valence-corrected chi connectivity index (χ4v) is 2.88. The number of nitrogens with zero attached hydrogens (tertiary/aromatic N) is 1. The summed E-state index contributed by atoms with van der Waals surface area (Å²) in [6.07, 6.45) is 2.51. The Hall–Kier alpha value is -2.37. The van der Waals surface area contributed by atoms with E-state index in [1.807, 2.05) is 24.3 Å². The number of para-hydroxylation sites is 1. The quantitative estimate of drug-likeness (QED) is 0.811. The number of aryl methyl sites for hydroxylation is 1. The molecular weight excluding hydrogens is 284 g/mol. The third-order valence-corrected chi connectivity index (χ3v) is 4.41. The van der Waals surface area contributed by atoms with Crippen molar-refractivity contribution in [2.75, 3.05) is 18.0 Å². The minimum absolute atomic E-state index is 0.164. The normalized spacial score (nSPS) is 18.3. The van der Waals surface area contributed by atoms with E-state index < -0.39 is 17.3 Å². The van der Waals surface area contributed by atoms with E-state index in [-0.39, 0.29) is 12.5 Å². The molecule has 6 nitrogen and oxygen atoms in total. The predicted octanol–water partition coefficient (Wildman–Crippen LogP) is 0.947. The van der Waals surface area contributed by atoms with Gasteiger partial charge in [0.15, 0.2) is 0 Å². The second-order valence-corrected chi connectivity index (χ2v) is 5.85. The maximum Gasteiger partial charge on any atom is 0.319 e. The Labute approximate surface area is 128 Å². The molecule has 1 aliphatic carbocycles. The Morgan fingerprint density at radius 3 is 2.64 bits per heavy atom. The Kier molecular flexibility index (Phi) is 3.60. The van der Waals surface area contributed by atoms with Gasteiger partial charge in [0, 0.05) is 12.2 Å². The van der Waals surface area contributed by atoms with Gasteiger partial charge in [0.2, 0.25) is 11.8 Å². The highest BCUT2D eigenvalue weighted by Gasteiger charge is 2.57. The highest BCUT2D eigenvalue weighted by molar-refractivity contribution is 6.06. The van der Waals surface area contributed by atoms with E-state index >= 15 is 0 Å². The molecule has 0 bridgehead atoms. The number of fused-ring (bicyclic) bond motifs is 1. The van der Waals surface area contributed by atoms with Crippen LogP contribution in [0.4, 0.5) is 5.69 Å². The summed E-state index contributed by atoms with van der Waals surface area (Å²) in [7, 11) is 0. The van der Waals surface area contributed by atoms with Gasteiger partial charge in [-0.2, -0.15) is 0 Å². The van der Waals surface area contributed by atoms with Crippen LogP contribution in [-0.2, 0) is 20.8 Å². The van der Waals surface area contributed by atoms with Gasteiger partial charge in [-0.25, -0.2) is 0 Å². The lowest BCUT2D eigenvalue weighted by Gasteiger charge is -2.29. The Bertz CT molecular complexity index is 637. The van der Waals surface area contributed by atoms with Crippen molar-refractivity contribution in [2.45, 2.75) is 25.7 Å². The molecule has 3 rings (SSSR count). The SMILES string of the molecule is O=C(CNC(=O)C1(C(=O)O)CC1)N1CCCc2ccccc21. The van der Waals surface area contributed by atoms with Crippen molar-refractivity contribution in [2.24, 2.45) is 5.41 Å². The number of amides is 2. The van der Waals surface area contributed by atoms with E-state index in [0.717, 1.165) is 24.1 Å². The molecule has 116 valence electrons. The number of carbonyl (C=O) groups excluding carboxylic acids is 2. The zero-order valence-electron chi connectivity index (χ0n) is 12.2. The molecule has 6 heteroatoms. The topological polar surface area (TPSA) is 86.7 Å². The molecule has 0 unspecified atom stereocenters. The van der Waals surface area contributed by atoms with Crippen LogP contribution in [0.3, 0.4) is 0 Å². The molecule has 0 radical (unpaired) electrons. The number of nitrogens with one attached hydrogen (secondary N) is 1. The van der Waals surface area contributed by atoms with Crippen molar-refractivity contribution >= 4 is 23.5 Å². The molecular formula is C16H18N2O4. The summed E-state index contributed by atoms with van der Waals surface area (Å²) in [6, 6.07) is 7.72. The number of carboxylic acid groups (broad SMARTS) is 1. The number of hydrogen-bond acceptors (Lipinski definition) is 3. The number of aliphatic carboxylic acids is 1. The predicted molar refractivity (Wildman–Crippen MR) is 79.4 cm³/mol. The highest BCUT2D eigenvalue weighted by Crippen LogP contribution is 2.46. The maximum absolute atomic E-state index is 12.3. The Balaban J connectivity index is 1.64. The molecule has 1 saturated carbocycles. The molecule has 2 aliphatic rings. The summed E-state index contributed by atoms with van der Waals surface area (Å²) in [5.41, 5.74) is 0.699. The summed E-state index contributed by atoms with van der Waals surface area (Å²) in [4.78, 5) is 37.0. The van der Waals surface area contributed by atoms with Crippen molar-refractivity contribution in [3.05, 3.63) is 29.8 Å². The van der Waals surface area contributed by atoms with Crippen LogP contribution in [0.25, 0.3) is 0 Å². The Morgan fingerprint density at radius 2 is 1.95 bits per heavy atom. The molecule has 1 heterocycles. The van der Waals surface area contributed by atoms with E-state index in [0.29, 0.717) is 19.4 Å². The summed E-state index contributed by atoms with van der Waals surface area (Å²) < 4.78 is 0. The molecule has 0 aromatic heterocycles. The third kappa shape index (κ3) is 2.45. The first-order valence-electron chi connectivity index (χ1n) is 7.44. The molecule has 1 fully saturated rings. The minimum atomic E-state index is -1.31. The van der Waals surface area contributed by atoms with E-state index in [2.05, 4.69) is 5.32 Å². The van der Waals surface area contributed by atoms with Crippen molar-refractivity contribution in [1.82, 2.24) is 5.32 Å². The van der Waals surface area contributed by atoms with Crippen LogP contribution in [0.1, 0.15) is 24.8 Å². The van der Waals surface area contributed by atoms with Gasteiger partial charge in [0.25, 0.3) is 0 Å². The van der Waals surface area contributed by atoms with Gasteiger partial charge in [0.1, 0.15) is 5.41 Å². The fourth-order valence-electron chi connectivity index (χ4n) is 2.88. The summed E-state index contributed by atoms with van der Waals surface area (Å²) >= 11 is 0. The van der Waals surface area contributed by atoms with E-state index in [1.54, 1.807) is 4.90 Å². The summed E-state index contributed by atoms with van der Waals surface area (Å²) in [5, 5.41) is 11.5. The van der Waals surface area contributed by atoms with E-state index in [4.69, 9.17) is 5.11 Å². The van der Waals surface area contributed by atoms with Crippen molar-refractivity contribution in [3.63, 3.8) is 0 Å². The van der Waals surface area contributed by atoms with Gasteiger partial charge < -0.3 is 15.3 Å². The lowest BCUT2D eigenvalue weighted by atomic mass is 10.0. The average molecular weight is 302 g/mol. The summed E-state index contributed by atoms with van der Waals surface area (Å²) in [5.74, 6) is -1.87. The molecule has 22 heavy (non-hydrogen) atoms. The number of rotatable bonds is 4. The van der Waals surface area contributed by atoms with Crippen LogP contribution in [0, 0.1) is 5.41 Å². The zero-order valence-corrected chi connectivity index (χ0v) is 12.2. The summed E-state index contributed by atoms with van der Waals surface area (Å²) in [6.45, 7) is 0.456. The van der Waals surface area contributed by atoms with Gasteiger partial charge in [-0.1, -0.05) is 18.2 Å². The molecule has 1 aromatic carbocycles. The average Bonchev–Trinajstić information content (AvgIpc) is 3.33. The molecule has 0 atom stereocenters.